The molecule has 1 aliphatic rings. The SMILES string of the molecule is CSc1ccc([C@H]2C(C(=O)OC(C)C)=C(C)N=c3s/c(=C\c4c(-c5ccccc5)[nH]c5ccccc45)c(=O)n32)cc1. The van der Waals surface area contributed by atoms with Gasteiger partial charge in [-0.15, -0.1) is 11.8 Å². The Labute approximate surface area is 245 Å². The number of fused-ring (bicyclic) bond motifs is 2. The van der Waals surface area contributed by atoms with Crippen LogP contribution in [-0.4, -0.2) is 27.9 Å². The number of aromatic nitrogens is 2. The zero-order chi connectivity index (χ0) is 28.7. The van der Waals surface area contributed by atoms with Crippen molar-refractivity contribution in [1.82, 2.24) is 9.55 Å². The smallest absolute Gasteiger partial charge is 0.338 e. The van der Waals surface area contributed by atoms with Crippen LogP contribution in [-0.2, 0) is 9.53 Å². The average Bonchev–Trinajstić information content (AvgIpc) is 3.49. The van der Waals surface area contributed by atoms with Gasteiger partial charge in [0.25, 0.3) is 5.56 Å². The van der Waals surface area contributed by atoms with Crippen LogP contribution < -0.4 is 14.9 Å². The lowest BCUT2D eigenvalue weighted by atomic mass is 9.96. The van der Waals surface area contributed by atoms with Crippen molar-refractivity contribution in [3.8, 4) is 11.3 Å². The molecule has 0 aliphatic carbocycles. The molecular weight excluding hydrogens is 551 g/mol. The number of allylic oxidation sites excluding steroid dienone is 1. The minimum absolute atomic E-state index is 0.195. The van der Waals surface area contributed by atoms with Crippen LogP contribution in [0.4, 0.5) is 0 Å². The van der Waals surface area contributed by atoms with E-state index in [1.165, 1.54) is 11.3 Å². The summed E-state index contributed by atoms with van der Waals surface area (Å²) in [6.07, 6.45) is 3.66. The molecule has 0 saturated heterocycles. The Balaban J connectivity index is 1.59. The first kappa shape index (κ1) is 27.1. The third-order valence-corrected chi connectivity index (χ3v) is 8.83. The van der Waals surface area contributed by atoms with Gasteiger partial charge >= 0.3 is 5.97 Å². The van der Waals surface area contributed by atoms with Crippen LogP contribution >= 0.6 is 23.1 Å². The topological polar surface area (TPSA) is 76.4 Å². The van der Waals surface area contributed by atoms with Gasteiger partial charge in [0, 0.05) is 21.4 Å². The van der Waals surface area contributed by atoms with Gasteiger partial charge in [-0.05, 0) is 62.4 Å². The van der Waals surface area contributed by atoms with Gasteiger partial charge in [0.1, 0.15) is 0 Å². The second-order valence-corrected chi connectivity index (χ2v) is 12.0. The summed E-state index contributed by atoms with van der Waals surface area (Å²) in [5, 5.41) is 1.03. The number of carbonyl (C=O) groups is 1. The molecule has 3 aromatic carbocycles. The standard InChI is InChI=1S/C33H29N3O3S2/c1-19(2)39-32(38)28-20(3)34-33-36(30(28)22-14-16-23(40-4)17-15-22)31(37)27(41-33)18-25-24-12-8-9-13-26(24)35-29(25)21-10-6-5-7-11-21/h5-19,30,35H,1-4H3/b27-18-/t30-/m0/s1. The Bertz CT molecular complexity index is 1980. The molecule has 0 unspecified atom stereocenters. The third-order valence-electron chi connectivity index (χ3n) is 7.10. The van der Waals surface area contributed by atoms with Crippen LogP contribution in [0.2, 0.25) is 0 Å². The molecule has 3 heterocycles. The van der Waals surface area contributed by atoms with Gasteiger partial charge in [0.15, 0.2) is 4.80 Å². The molecule has 0 spiro atoms. The average molecular weight is 580 g/mol. The zero-order valence-electron chi connectivity index (χ0n) is 23.2. The fourth-order valence-corrected chi connectivity index (χ4v) is 6.68. The zero-order valence-corrected chi connectivity index (χ0v) is 24.8. The van der Waals surface area contributed by atoms with Crippen molar-refractivity contribution in [2.45, 2.75) is 37.8 Å². The molecule has 41 heavy (non-hydrogen) atoms. The number of thioether (sulfide) groups is 1. The molecule has 1 aliphatic heterocycles. The monoisotopic (exact) mass is 579 g/mol. The van der Waals surface area contributed by atoms with E-state index in [4.69, 9.17) is 9.73 Å². The van der Waals surface area contributed by atoms with Gasteiger partial charge in [0.2, 0.25) is 0 Å². The molecule has 1 N–H and O–H groups in total. The van der Waals surface area contributed by atoms with Gasteiger partial charge < -0.3 is 9.72 Å². The van der Waals surface area contributed by atoms with Crippen molar-refractivity contribution in [3.63, 3.8) is 0 Å². The number of hydrogen-bond donors (Lipinski definition) is 1. The number of hydrogen-bond acceptors (Lipinski definition) is 6. The quantitative estimate of drug-likeness (QED) is 0.196. The van der Waals surface area contributed by atoms with Gasteiger partial charge in [-0.1, -0.05) is 72.0 Å². The first-order valence-electron chi connectivity index (χ1n) is 13.4. The highest BCUT2D eigenvalue weighted by atomic mass is 32.2. The summed E-state index contributed by atoms with van der Waals surface area (Å²) < 4.78 is 7.82. The van der Waals surface area contributed by atoms with E-state index in [1.54, 1.807) is 16.3 Å². The molecule has 6 rings (SSSR count). The number of nitrogens with zero attached hydrogens (tertiary/aromatic N) is 2. The molecule has 0 saturated carbocycles. The molecule has 0 fully saturated rings. The number of H-pyrrole nitrogens is 1. The highest BCUT2D eigenvalue weighted by molar-refractivity contribution is 7.98. The third kappa shape index (κ3) is 4.98. The first-order chi connectivity index (χ1) is 19.9. The summed E-state index contributed by atoms with van der Waals surface area (Å²) in [4.78, 5) is 37.6. The van der Waals surface area contributed by atoms with E-state index < -0.39 is 12.0 Å². The second kappa shape index (κ2) is 11.0. The number of nitrogens with one attached hydrogen (secondary N) is 1. The van der Waals surface area contributed by atoms with E-state index in [1.807, 2.05) is 93.8 Å². The molecule has 0 bridgehead atoms. The first-order valence-corrected chi connectivity index (χ1v) is 15.4. The molecule has 5 aromatic rings. The number of carbonyl (C=O) groups excluding carboxylic acids is 1. The summed E-state index contributed by atoms with van der Waals surface area (Å²) in [5.74, 6) is -0.461. The van der Waals surface area contributed by atoms with Crippen molar-refractivity contribution >= 4 is 46.0 Å². The van der Waals surface area contributed by atoms with E-state index in [0.717, 1.165) is 38.2 Å². The van der Waals surface area contributed by atoms with Crippen molar-refractivity contribution in [1.29, 1.82) is 0 Å². The van der Waals surface area contributed by atoms with Crippen LogP contribution in [0.3, 0.4) is 0 Å². The Hall–Kier alpha value is -4.14. The number of benzene rings is 3. The Morgan fingerprint density at radius 1 is 1.05 bits per heavy atom. The lowest BCUT2D eigenvalue weighted by Gasteiger charge is -2.25. The minimum atomic E-state index is -0.646. The Morgan fingerprint density at radius 3 is 2.46 bits per heavy atom. The van der Waals surface area contributed by atoms with Gasteiger partial charge in [-0.2, -0.15) is 0 Å². The Kier molecular flexibility index (Phi) is 7.28. The summed E-state index contributed by atoms with van der Waals surface area (Å²) in [7, 11) is 0. The molecule has 6 nitrogen and oxygen atoms in total. The molecule has 0 radical (unpaired) electrons. The van der Waals surface area contributed by atoms with Crippen molar-refractivity contribution in [2.75, 3.05) is 6.26 Å². The van der Waals surface area contributed by atoms with Gasteiger partial charge in [-0.25, -0.2) is 9.79 Å². The summed E-state index contributed by atoms with van der Waals surface area (Å²) in [6.45, 7) is 5.44. The lowest BCUT2D eigenvalue weighted by Crippen LogP contribution is -2.40. The van der Waals surface area contributed by atoms with Crippen molar-refractivity contribution in [3.05, 3.63) is 121 Å². The highest BCUT2D eigenvalue weighted by Gasteiger charge is 2.33. The highest BCUT2D eigenvalue weighted by Crippen LogP contribution is 2.33. The Morgan fingerprint density at radius 2 is 1.76 bits per heavy atom. The van der Waals surface area contributed by atoms with Crippen LogP contribution in [0.5, 0.6) is 0 Å². The molecule has 0 amide bonds. The number of para-hydroxylation sites is 1. The van der Waals surface area contributed by atoms with Gasteiger partial charge in [-0.3, -0.25) is 9.36 Å². The van der Waals surface area contributed by atoms with E-state index in [-0.39, 0.29) is 11.7 Å². The van der Waals surface area contributed by atoms with Crippen LogP contribution in [0.25, 0.3) is 28.2 Å². The van der Waals surface area contributed by atoms with E-state index in [0.29, 0.717) is 20.6 Å². The van der Waals surface area contributed by atoms with E-state index >= 15 is 0 Å². The maximum atomic E-state index is 14.2. The molecule has 1 atom stereocenters. The maximum absolute atomic E-state index is 14.2. The predicted molar refractivity (Wildman–Crippen MR) is 167 cm³/mol. The number of aromatic amines is 1. The second-order valence-electron chi connectivity index (χ2n) is 10.1. The van der Waals surface area contributed by atoms with Crippen molar-refractivity contribution < 1.29 is 9.53 Å². The summed E-state index contributed by atoms with van der Waals surface area (Å²) in [6, 6.07) is 25.5. The lowest BCUT2D eigenvalue weighted by molar-refractivity contribution is -0.143. The summed E-state index contributed by atoms with van der Waals surface area (Å²) in [5.41, 5.74) is 5.48. The minimum Gasteiger partial charge on any atom is -0.459 e. The molecule has 8 heteroatoms. The van der Waals surface area contributed by atoms with Crippen LogP contribution in [0.1, 0.15) is 37.9 Å². The van der Waals surface area contributed by atoms with Gasteiger partial charge in [0.05, 0.1) is 33.6 Å². The number of thiazole rings is 1. The van der Waals surface area contributed by atoms with E-state index in [9.17, 15) is 9.59 Å². The normalized spacial score (nSPS) is 15.3. The fraction of sp³-hybridized carbons (Fsp3) is 0.182. The van der Waals surface area contributed by atoms with Crippen molar-refractivity contribution in [2.24, 2.45) is 4.99 Å². The predicted octanol–water partition coefficient (Wildman–Crippen LogP) is 6.06. The summed E-state index contributed by atoms with van der Waals surface area (Å²) >= 11 is 2.97. The molecule has 206 valence electrons. The number of rotatable bonds is 6. The largest absolute Gasteiger partial charge is 0.459 e. The fourth-order valence-electron chi connectivity index (χ4n) is 5.24. The molecular formula is C33H29N3O3S2. The maximum Gasteiger partial charge on any atom is 0.338 e. The van der Waals surface area contributed by atoms with Crippen LogP contribution in [0.15, 0.2) is 105 Å². The van der Waals surface area contributed by atoms with Crippen LogP contribution in [0, 0.1) is 0 Å². The molecule has 2 aromatic heterocycles. The number of ether oxygens (including phenoxy) is 1. The number of esters is 1. The van der Waals surface area contributed by atoms with E-state index in [2.05, 4.69) is 23.2 Å².